The average molecular weight is 435 g/mol. The zero-order valence-electron chi connectivity index (χ0n) is 17.7. The maximum atomic E-state index is 14.1. The fourth-order valence-electron chi connectivity index (χ4n) is 7.17. The van der Waals surface area contributed by atoms with Crippen molar-refractivity contribution in [1.82, 2.24) is 9.80 Å². The van der Waals surface area contributed by atoms with Crippen LogP contribution < -0.4 is 0 Å². The molecule has 5 aliphatic rings. The molecule has 0 radical (unpaired) electrons. The van der Waals surface area contributed by atoms with Crippen LogP contribution in [0.4, 0.5) is 13.2 Å². The predicted octanol–water partition coefficient (Wildman–Crippen LogP) is 4.38. The van der Waals surface area contributed by atoms with Gasteiger partial charge in [-0.2, -0.15) is 0 Å². The van der Waals surface area contributed by atoms with E-state index in [1.165, 1.54) is 43.4 Å². The SMILES string of the molecule is O=C(CC12CC3CC(CC(C3)C1)C2)N1CCCN(C(=O)c2ccc(F)c(F)c2F)CC1. The van der Waals surface area contributed by atoms with Crippen molar-refractivity contribution in [2.24, 2.45) is 23.2 Å². The summed E-state index contributed by atoms with van der Waals surface area (Å²) in [5.41, 5.74) is -0.296. The Bertz CT molecular complexity index is 868. The van der Waals surface area contributed by atoms with Gasteiger partial charge in [-0.05, 0) is 80.2 Å². The second-order valence-corrected chi connectivity index (χ2v) is 10.3. The minimum atomic E-state index is -1.63. The molecule has 1 aromatic carbocycles. The minimum Gasteiger partial charge on any atom is -0.341 e. The summed E-state index contributed by atoms with van der Waals surface area (Å²) >= 11 is 0. The number of amides is 2. The number of halogens is 3. The van der Waals surface area contributed by atoms with Gasteiger partial charge in [-0.3, -0.25) is 9.59 Å². The highest BCUT2D eigenvalue weighted by molar-refractivity contribution is 5.94. The molecule has 6 rings (SSSR count). The lowest BCUT2D eigenvalue weighted by Crippen LogP contribution is -2.48. The van der Waals surface area contributed by atoms with E-state index in [0.717, 1.165) is 29.9 Å². The van der Waals surface area contributed by atoms with Gasteiger partial charge < -0.3 is 9.80 Å². The minimum absolute atomic E-state index is 0.162. The highest BCUT2D eigenvalue weighted by Gasteiger charge is 2.51. The van der Waals surface area contributed by atoms with Crippen molar-refractivity contribution in [3.63, 3.8) is 0 Å². The van der Waals surface area contributed by atoms with E-state index < -0.39 is 28.9 Å². The second kappa shape index (κ2) is 7.82. The van der Waals surface area contributed by atoms with Crippen LogP contribution in [0.2, 0.25) is 0 Å². The number of benzene rings is 1. The molecule has 5 fully saturated rings. The number of carbonyl (C=O) groups is 2. The summed E-state index contributed by atoms with van der Waals surface area (Å²) in [6.45, 7) is 1.58. The summed E-state index contributed by atoms with van der Waals surface area (Å²) in [7, 11) is 0. The van der Waals surface area contributed by atoms with E-state index in [1.807, 2.05) is 4.90 Å². The molecule has 7 heteroatoms. The van der Waals surface area contributed by atoms with Crippen LogP contribution in [0.5, 0.6) is 0 Å². The molecule has 0 N–H and O–H groups in total. The van der Waals surface area contributed by atoms with Crippen molar-refractivity contribution in [3.05, 3.63) is 35.1 Å². The summed E-state index contributed by atoms with van der Waals surface area (Å²) in [6.07, 6.45) is 8.75. The van der Waals surface area contributed by atoms with Crippen LogP contribution >= 0.6 is 0 Å². The Morgan fingerprint density at radius 3 is 2.06 bits per heavy atom. The monoisotopic (exact) mass is 434 g/mol. The lowest BCUT2D eigenvalue weighted by atomic mass is 9.49. The van der Waals surface area contributed by atoms with E-state index in [9.17, 15) is 22.8 Å². The van der Waals surface area contributed by atoms with Gasteiger partial charge in [0.05, 0.1) is 5.56 Å². The number of rotatable bonds is 3. The van der Waals surface area contributed by atoms with Crippen molar-refractivity contribution < 1.29 is 22.8 Å². The van der Waals surface area contributed by atoms with Crippen LogP contribution in [-0.4, -0.2) is 47.8 Å². The summed E-state index contributed by atoms with van der Waals surface area (Å²) in [4.78, 5) is 29.2. The second-order valence-electron chi connectivity index (χ2n) is 10.3. The Morgan fingerprint density at radius 1 is 0.839 bits per heavy atom. The molecule has 4 saturated carbocycles. The summed E-state index contributed by atoms with van der Waals surface area (Å²) in [5.74, 6) is -2.52. The van der Waals surface area contributed by atoms with Gasteiger partial charge in [0.2, 0.25) is 5.91 Å². The van der Waals surface area contributed by atoms with Gasteiger partial charge in [0.1, 0.15) is 0 Å². The molecule has 1 saturated heterocycles. The van der Waals surface area contributed by atoms with Crippen molar-refractivity contribution in [2.75, 3.05) is 26.2 Å². The Morgan fingerprint density at radius 2 is 1.42 bits per heavy atom. The summed E-state index contributed by atoms with van der Waals surface area (Å²) in [6, 6.07) is 1.75. The predicted molar refractivity (Wildman–Crippen MR) is 109 cm³/mol. The van der Waals surface area contributed by atoms with Gasteiger partial charge in [-0.25, -0.2) is 13.2 Å². The first kappa shape index (κ1) is 20.8. The quantitative estimate of drug-likeness (QED) is 0.663. The maximum Gasteiger partial charge on any atom is 0.257 e. The fraction of sp³-hybridized carbons (Fsp3) is 0.667. The van der Waals surface area contributed by atoms with E-state index in [1.54, 1.807) is 0 Å². The molecule has 0 unspecified atom stereocenters. The van der Waals surface area contributed by atoms with Crippen LogP contribution in [0.15, 0.2) is 12.1 Å². The third kappa shape index (κ3) is 3.85. The van der Waals surface area contributed by atoms with Crippen molar-refractivity contribution >= 4 is 11.8 Å². The average Bonchev–Trinajstić information content (AvgIpc) is 2.97. The van der Waals surface area contributed by atoms with Crippen molar-refractivity contribution in [3.8, 4) is 0 Å². The van der Waals surface area contributed by atoms with E-state index in [0.29, 0.717) is 32.5 Å². The Labute approximate surface area is 180 Å². The molecular formula is C24H29F3N2O2. The van der Waals surface area contributed by atoms with Gasteiger partial charge in [0.25, 0.3) is 5.91 Å². The molecule has 0 aromatic heterocycles. The van der Waals surface area contributed by atoms with E-state index >= 15 is 0 Å². The smallest absolute Gasteiger partial charge is 0.257 e. The van der Waals surface area contributed by atoms with Gasteiger partial charge in [-0.1, -0.05) is 0 Å². The lowest BCUT2D eigenvalue weighted by molar-refractivity contribution is -0.139. The Balaban J connectivity index is 1.22. The van der Waals surface area contributed by atoms with Gasteiger partial charge >= 0.3 is 0 Å². The fourth-order valence-corrected chi connectivity index (χ4v) is 7.17. The molecule has 168 valence electrons. The molecule has 4 bridgehead atoms. The molecule has 0 spiro atoms. The molecule has 4 aliphatic carbocycles. The first-order valence-electron chi connectivity index (χ1n) is 11.5. The van der Waals surface area contributed by atoms with Crippen molar-refractivity contribution in [2.45, 2.75) is 51.4 Å². The molecule has 2 amide bonds. The van der Waals surface area contributed by atoms with Crippen LogP contribution in [-0.2, 0) is 4.79 Å². The third-order valence-electron chi connectivity index (χ3n) is 8.09. The topological polar surface area (TPSA) is 40.6 Å². The zero-order valence-corrected chi connectivity index (χ0v) is 17.7. The molecule has 1 aliphatic heterocycles. The van der Waals surface area contributed by atoms with E-state index in [2.05, 4.69) is 0 Å². The largest absolute Gasteiger partial charge is 0.341 e. The molecule has 1 aromatic rings. The van der Waals surface area contributed by atoms with Crippen LogP contribution in [0, 0.1) is 40.6 Å². The highest BCUT2D eigenvalue weighted by Crippen LogP contribution is 2.61. The molecule has 1 heterocycles. The number of hydrogen-bond acceptors (Lipinski definition) is 2. The molecule has 0 atom stereocenters. The molecule has 31 heavy (non-hydrogen) atoms. The zero-order chi connectivity index (χ0) is 21.8. The van der Waals surface area contributed by atoms with Gasteiger partial charge in [0.15, 0.2) is 17.5 Å². The van der Waals surface area contributed by atoms with Crippen molar-refractivity contribution in [1.29, 1.82) is 0 Å². The standard InChI is InChI=1S/C24H29F3N2O2/c25-19-3-2-18(21(26)22(19)27)23(31)29-5-1-4-28(6-7-29)20(30)14-24-11-15-8-16(12-24)10-17(9-15)13-24/h2-3,15-17H,1,4-14H2. The highest BCUT2D eigenvalue weighted by atomic mass is 19.2. The summed E-state index contributed by atoms with van der Waals surface area (Å²) < 4.78 is 40.8. The van der Waals surface area contributed by atoms with Crippen LogP contribution in [0.3, 0.4) is 0 Å². The number of nitrogens with zero attached hydrogens (tertiary/aromatic N) is 2. The normalized spacial score (nSPS) is 32.3. The maximum absolute atomic E-state index is 14.1. The molecule has 4 nitrogen and oxygen atoms in total. The third-order valence-corrected chi connectivity index (χ3v) is 8.09. The van der Waals surface area contributed by atoms with E-state index in [4.69, 9.17) is 0 Å². The van der Waals surface area contributed by atoms with Crippen LogP contribution in [0.25, 0.3) is 0 Å². The first-order valence-corrected chi connectivity index (χ1v) is 11.5. The van der Waals surface area contributed by atoms with Crippen LogP contribution in [0.1, 0.15) is 61.7 Å². The van der Waals surface area contributed by atoms with Gasteiger partial charge in [0, 0.05) is 32.6 Å². The first-order chi connectivity index (χ1) is 14.8. The summed E-state index contributed by atoms with van der Waals surface area (Å²) in [5, 5.41) is 0. The Hall–Kier alpha value is -2.05. The van der Waals surface area contributed by atoms with E-state index in [-0.39, 0.29) is 17.9 Å². The Kier molecular flexibility index (Phi) is 5.25. The number of hydrogen-bond donors (Lipinski definition) is 0. The van der Waals surface area contributed by atoms with Gasteiger partial charge in [-0.15, -0.1) is 0 Å². The molecular weight excluding hydrogens is 405 g/mol. The number of carbonyl (C=O) groups excluding carboxylic acids is 2. The lowest BCUT2D eigenvalue weighted by Gasteiger charge is -2.57.